The molecule has 5 nitrogen and oxygen atoms in total. The van der Waals surface area contributed by atoms with E-state index in [4.69, 9.17) is 5.11 Å². The normalized spacial score (nSPS) is 13.6. The van der Waals surface area contributed by atoms with Crippen molar-refractivity contribution in [3.05, 3.63) is 11.1 Å². The fourth-order valence-electron chi connectivity index (χ4n) is 0.800. The number of aromatic carboxylic acids is 1. The number of rotatable bonds is 4. The van der Waals surface area contributed by atoms with Crippen molar-refractivity contribution >= 4 is 22.4 Å². The molecule has 15 heavy (non-hydrogen) atoms. The third-order valence-corrected chi connectivity index (χ3v) is 2.90. The molecule has 1 aromatic heterocycles. The van der Waals surface area contributed by atoms with E-state index in [-0.39, 0.29) is 11.7 Å². The third-order valence-electron chi connectivity index (χ3n) is 2.12. The number of carboxylic acids is 1. The van der Waals surface area contributed by atoms with E-state index in [1.165, 1.54) is 16.7 Å². The highest BCUT2D eigenvalue weighted by molar-refractivity contribution is 7.13. The van der Waals surface area contributed by atoms with Gasteiger partial charge in [-0.05, 0) is 20.8 Å². The largest absolute Gasteiger partial charge is 0.476 e. The minimum Gasteiger partial charge on any atom is -0.476 e. The van der Waals surface area contributed by atoms with Crippen molar-refractivity contribution in [2.24, 2.45) is 0 Å². The molecule has 1 aromatic rings. The fourth-order valence-corrected chi connectivity index (χ4v) is 1.57. The summed E-state index contributed by atoms with van der Waals surface area (Å²) in [6.07, 6.45) is 0. The Morgan fingerprint density at radius 1 is 1.67 bits per heavy atom. The molecular formula is C9H14N2O3S. The lowest BCUT2D eigenvalue weighted by atomic mass is 10.0. The number of aromatic nitrogens is 1. The van der Waals surface area contributed by atoms with Crippen LogP contribution < -0.4 is 5.32 Å². The first-order chi connectivity index (χ1) is 6.80. The molecule has 0 saturated carbocycles. The van der Waals surface area contributed by atoms with Gasteiger partial charge in [0.1, 0.15) is 0 Å². The van der Waals surface area contributed by atoms with E-state index in [0.29, 0.717) is 5.13 Å². The zero-order chi connectivity index (χ0) is 11.6. The van der Waals surface area contributed by atoms with E-state index < -0.39 is 11.6 Å². The van der Waals surface area contributed by atoms with Gasteiger partial charge in [0.2, 0.25) is 0 Å². The molecule has 0 bridgehead atoms. The molecule has 0 spiro atoms. The smallest absolute Gasteiger partial charge is 0.355 e. The molecule has 0 fully saturated rings. The van der Waals surface area contributed by atoms with Crippen LogP contribution in [-0.2, 0) is 0 Å². The van der Waals surface area contributed by atoms with E-state index in [1.807, 2.05) is 6.92 Å². The van der Waals surface area contributed by atoms with Crippen molar-refractivity contribution in [1.82, 2.24) is 4.98 Å². The fraction of sp³-hybridized carbons (Fsp3) is 0.556. The van der Waals surface area contributed by atoms with Crippen LogP contribution in [0.3, 0.4) is 0 Å². The first kappa shape index (κ1) is 11.9. The summed E-state index contributed by atoms with van der Waals surface area (Å²) in [6.45, 7) is 5.16. The Balaban J connectivity index is 2.69. The highest BCUT2D eigenvalue weighted by Crippen LogP contribution is 2.19. The third kappa shape index (κ3) is 3.17. The summed E-state index contributed by atoms with van der Waals surface area (Å²) in [4.78, 5) is 14.4. The molecule has 1 rings (SSSR count). The maximum Gasteiger partial charge on any atom is 0.355 e. The lowest BCUT2D eigenvalue weighted by Gasteiger charge is -2.26. The molecule has 0 aliphatic heterocycles. The van der Waals surface area contributed by atoms with Crippen molar-refractivity contribution in [3.63, 3.8) is 0 Å². The van der Waals surface area contributed by atoms with E-state index in [0.717, 1.165) is 0 Å². The maximum absolute atomic E-state index is 10.6. The Morgan fingerprint density at radius 2 is 2.27 bits per heavy atom. The van der Waals surface area contributed by atoms with E-state index in [1.54, 1.807) is 13.8 Å². The number of nitrogens with one attached hydrogen (secondary N) is 1. The van der Waals surface area contributed by atoms with Gasteiger partial charge in [-0.25, -0.2) is 9.78 Å². The van der Waals surface area contributed by atoms with Gasteiger partial charge in [-0.15, -0.1) is 11.3 Å². The summed E-state index contributed by atoms with van der Waals surface area (Å²) in [5, 5.41) is 23.2. The Hall–Kier alpha value is -1.14. The van der Waals surface area contributed by atoms with Crippen LogP contribution in [0.2, 0.25) is 0 Å². The molecule has 3 N–H and O–H groups in total. The Morgan fingerprint density at radius 3 is 2.67 bits per heavy atom. The Labute approximate surface area is 91.8 Å². The zero-order valence-electron chi connectivity index (χ0n) is 8.81. The first-order valence-corrected chi connectivity index (χ1v) is 5.36. The number of hydrogen-bond acceptors (Lipinski definition) is 5. The van der Waals surface area contributed by atoms with Gasteiger partial charge in [0.15, 0.2) is 10.8 Å². The number of hydrogen-bond donors (Lipinski definition) is 3. The minimum absolute atomic E-state index is 0.0189. The van der Waals surface area contributed by atoms with Crippen molar-refractivity contribution < 1.29 is 15.0 Å². The van der Waals surface area contributed by atoms with Gasteiger partial charge in [-0.1, -0.05) is 0 Å². The van der Waals surface area contributed by atoms with Crippen LogP contribution in [0.4, 0.5) is 5.13 Å². The standard InChI is InChI=1S/C9H14N2O3S/c1-5(9(2,3)14)10-8-11-6(4-15-8)7(12)13/h4-5,14H,1-3H3,(H,10,11)(H,12,13). The second kappa shape index (κ2) is 4.16. The van der Waals surface area contributed by atoms with Crippen LogP contribution in [0.1, 0.15) is 31.3 Å². The monoisotopic (exact) mass is 230 g/mol. The first-order valence-electron chi connectivity index (χ1n) is 4.48. The quantitative estimate of drug-likeness (QED) is 0.728. The number of aliphatic hydroxyl groups is 1. The van der Waals surface area contributed by atoms with Gasteiger partial charge in [-0.3, -0.25) is 0 Å². The maximum atomic E-state index is 10.6. The molecule has 1 unspecified atom stereocenters. The van der Waals surface area contributed by atoms with Crippen LogP contribution in [0.15, 0.2) is 5.38 Å². The summed E-state index contributed by atoms with van der Waals surface area (Å²) < 4.78 is 0. The zero-order valence-corrected chi connectivity index (χ0v) is 9.63. The van der Waals surface area contributed by atoms with Crippen molar-refractivity contribution in [1.29, 1.82) is 0 Å². The second-order valence-corrected chi connectivity index (χ2v) is 4.72. The number of thiazole rings is 1. The summed E-state index contributed by atoms with van der Waals surface area (Å²) in [5.74, 6) is -1.05. The van der Waals surface area contributed by atoms with Crippen molar-refractivity contribution in [3.8, 4) is 0 Å². The van der Waals surface area contributed by atoms with Crippen molar-refractivity contribution in [2.75, 3.05) is 5.32 Å². The predicted molar refractivity (Wildman–Crippen MR) is 58.5 cm³/mol. The van der Waals surface area contributed by atoms with Crippen molar-refractivity contribution in [2.45, 2.75) is 32.4 Å². The Kier molecular flexibility index (Phi) is 3.31. The van der Waals surface area contributed by atoms with E-state index in [9.17, 15) is 9.90 Å². The number of anilines is 1. The van der Waals surface area contributed by atoms with Crippen LogP contribution in [0, 0.1) is 0 Å². The van der Waals surface area contributed by atoms with Gasteiger partial charge in [0.05, 0.1) is 11.6 Å². The molecule has 0 aromatic carbocycles. The number of carboxylic acid groups (broad SMARTS) is 1. The molecule has 0 radical (unpaired) electrons. The molecule has 6 heteroatoms. The van der Waals surface area contributed by atoms with Crippen LogP contribution in [-0.4, -0.2) is 32.8 Å². The molecule has 0 saturated heterocycles. The SMILES string of the molecule is CC(Nc1nc(C(=O)O)cs1)C(C)(C)O. The van der Waals surface area contributed by atoms with Gasteiger partial charge in [-0.2, -0.15) is 0 Å². The molecular weight excluding hydrogens is 216 g/mol. The lowest BCUT2D eigenvalue weighted by Crippen LogP contribution is -2.39. The molecule has 0 aliphatic carbocycles. The average Bonchev–Trinajstić information content (AvgIpc) is 2.50. The molecule has 1 heterocycles. The van der Waals surface area contributed by atoms with Gasteiger partial charge in [0, 0.05) is 5.38 Å². The molecule has 1 atom stereocenters. The molecule has 0 amide bonds. The summed E-state index contributed by atoms with van der Waals surface area (Å²) in [5.41, 5.74) is -0.861. The van der Waals surface area contributed by atoms with Gasteiger partial charge in [0.25, 0.3) is 0 Å². The second-order valence-electron chi connectivity index (χ2n) is 3.86. The van der Waals surface area contributed by atoms with Crippen LogP contribution >= 0.6 is 11.3 Å². The molecule has 0 aliphatic rings. The summed E-state index contributed by atoms with van der Waals surface area (Å²) in [6, 6.07) is -0.203. The highest BCUT2D eigenvalue weighted by atomic mass is 32.1. The highest BCUT2D eigenvalue weighted by Gasteiger charge is 2.23. The number of carbonyl (C=O) groups is 1. The average molecular weight is 230 g/mol. The van der Waals surface area contributed by atoms with E-state index >= 15 is 0 Å². The minimum atomic E-state index is -1.05. The van der Waals surface area contributed by atoms with Crippen LogP contribution in [0.5, 0.6) is 0 Å². The summed E-state index contributed by atoms with van der Waals surface area (Å²) in [7, 11) is 0. The van der Waals surface area contributed by atoms with Crippen LogP contribution in [0.25, 0.3) is 0 Å². The molecule has 84 valence electrons. The summed E-state index contributed by atoms with van der Waals surface area (Å²) >= 11 is 1.21. The topological polar surface area (TPSA) is 82.5 Å². The predicted octanol–water partition coefficient (Wildman–Crippen LogP) is 1.41. The van der Waals surface area contributed by atoms with E-state index in [2.05, 4.69) is 10.3 Å². The Bertz CT molecular complexity index is 356. The van der Waals surface area contributed by atoms with Gasteiger partial charge < -0.3 is 15.5 Å². The number of nitrogens with zero attached hydrogens (tertiary/aromatic N) is 1. The lowest BCUT2D eigenvalue weighted by molar-refractivity contribution is 0.0649. The van der Waals surface area contributed by atoms with Gasteiger partial charge >= 0.3 is 5.97 Å².